The highest BCUT2D eigenvalue weighted by molar-refractivity contribution is 7.09. The lowest BCUT2D eigenvalue weighted by Crippen LogP contribution is -2.31. The molecule has 2 N–H and O–H groups in total. The quantitative estimate of drug-likeness (QED) is 0.771. The first-order chi connectivity index (χ1) is 6.27. The summed E-state index contributed by atoms with van der Waals surface area (Å²) in [5.41, 5.74) is 6.14. The third kappa shape index (κ3) is 3.12. The molecule has 13 heavy (non-hydrogen) atoms. The number of hydrogen-bond acceptors (Lipinski definition) is 2. The molecule has 1 nitrogen and oxygen atoms in total. The molecule has 0 aliphatic carbocycles. The van der Waals surface area contributed by atoms with Crippen molar-refractivity contribution in [2.45, 2.75) is 39.2 Å². The smallest absolute Gasteiger partial charge is 0.0115 e. The van der Waals surface area contributed by atoms with Crippen LogP contribution in [0.5, 0.6) is 0 Å². The van der Waals surface area contributed by atoms with Gasteiger partial charge >= 0.3 is 0 Å². The summed E-state index contributed by atoms with van der Waals surface area (Å²) < 4.78 is 0. The van der Waals surface area contributed by atoms with E-state index in [1.807, 2.05) is 11.3 Å². The highest BCUT2D eigenvalue weighted by atomic mass is 32.1. The normalized spacial score (nSPS) is 13.5. The van der Waals surface area contributed by atoms with Gasteiger partial charge in [-0.2, -0.15) is 0 Å². The molecule has 0 amide bonds. The molecular weight excluding hydrogens is 178 g/mol. The van der Waals surface area contributed by atoms with Crippen molar-refractivity contribution in [1.82, 2.24) is 0 Å². The molecule has 0 spiro atoms. The van der Waals surface area contributed by atoms with Gasteiger partial charge in [-0.15, -0.1) is 11.3 Å². The van der Waals surface area contributed by atoms with Crippen molar-refractivity contribution in [2.75, 3.05) is 0 Å². The van der Waals surface area contributed by atoms with Crippen LogP contribution >= 0.6 is 11.3 Å². The third-order valence-corrected chi connectivity index (χ3v) is 3.57. The van der Waals surface area contributed by atoms with E-state index in [-0.39, 0.29) is 0 Å². The van der Waals surface area contributed by atoms with E-state index in [1.54, 1.807) is 0 Å². The van der Waals surface area contributed by atoms with Gasteiger partial charge < -0.3 is 5.73 Å². The van der Waals surface area contributed by atoms with Crippen LogP contribution in [-0.2, 0) is 6.42 Å². The van der Waals surface area contributed by atoms with Gasteiger partial charge in [-0.3, -0.25) is 0 Å². The van der Waals surface area contributed by atoms with Crippen LogP contribution in [0.15, 0.2) is 17.5 Å². The Balaban J connectivity index is 2.44. The number of thiophene rings is 1. The molecule has 0 aliphatic heterocycles. The second-order valence-corrected chi connectivity index (χ2v) is 4.56. The van der Waals surface area contributed by atoms with Crippen LogP contribution in [0.1, 0.15) is 31.6 Å². The summed E-state index contributed by atoms with van der Waals surface area (Å²) in [5.74, 6) is 0.682. The maximum atomic E-state index is 6.14. The van der Waals surface area contributed by atoms with Crippen LogP contribution in [0.3, 0.4) is 0 Å². The zero-order valence-electron chi connectivity index (χ0n) is 8.49. The zero-order chi connectivity index (χ0) is 9.68. The fraction of sp³-hybridized carbons (Fsp3) is 0.636. The molecule has 0 bridgehead atoms. The van der Waals surface area contributed by atoms with E-state index < -0.39 is 0 Å². The van der Waals surface area contributed by atoms with Gasteiger partial charge in [0.25, 0.3) is 0 Å². The van der Waals surface area contributed by atoms with Crippen molar-refractivity contribution in [2.24, 2.45) is 11.7 Å². The van der Waals surface area contributed by atoms with E-state index in [0.29, 0.717) is 12.0 Å². The third-order valence-electron chi connectivity index (χ3n) is 2.67. The average molecular weight is 197 g/mol. The molecular formula is C11H19NS. The van der Waals surface area contributed by atoms with E-state index in [2.05, 4.69) is 31.4 Å². The van der Waals surface area contributed by atoms with Crippen molar-refractivity contribution in [3.8, 4) is 0 Å². The minimum absolute atomic E-state index is 0.341. The van der Waals surface area contributed by atoms with E-state index in [4.69, 9.17) is 5.73 Å². The Morgan fingerprint density at radius 2 is 2.08 bits per heavy atom. The molecule has 0 aliphatic rings. The molecule has 0 radical (unpaired) electrons. The summed E-state index contributed by atoms with van der Waals surface area (Å²) in [7, 11) is 0. The number of nitrogens with two attached hydrogens (primary N) is 1. The Morgan fingerprint density at radius 3 is 2.54 bits per heavy atom. The Hall–Kier alpha value is -0.340. The topological polar surface area (TPSA) is 26.0 Å². The van der Waals surface area contributed by atoms with E-state index in [9.17, 15) is 0 Å². The zero-order valence-corrected chi connectivity index (χ0v) is 9.31. The summed E-state index contributed by atoms with van der Waals surface area (Å²) in [6.07, 6.45) is 3.44. The molecule has 74 valence electrons. The predicted molar refractivity (Wildman–Crippen MR) is 60.1 cm³/mol. The second-order valence-electron chi connectivity index (χ2n) is 3.52. The van der Waals surface area contributed by atoms with Crippen LogP contribution in [0, 0.1) is 5.92 Å². The van der Waals surface area contributed by atoms with E-state index >= 15 is 0 Å². The number of hydrogen-bond donors (Lipinski definition) is 1. The maximum absolute atomic E-state index is 6.14. The summed E-state index contributed by atoms with van der Waals surface area (Å²) in [6, 6.07) is 4.61. The van der Waals surface area contributed by atoms with Crippen molar-refractivity contribution >= 4 is 11.3 Å². The van der Waals surface area contributed by atoms with Crippen LogP contribution in [-0.4, -0.2) is 6.04 Å². The Bertz CT molecular complexity index is 214. The molecule has 1 atom stereocenters. The molecule has 1 aromatic rings. The summed E-state index contributed by atoms with van der Waals surface area (Å²) in [4.78, 5) is 1.42. The molecule has 0 saturated heterocycles. The van der Waals surface area contributed by atoms with Crippen LogP contribution in [0.25, 0.3) is 0 Å². The van der Waals surface area contributed by atoms with Gasteiger partial charge in [-0.25, -0.2) is 0 Å². The van der Waals surface area contributed by atoms with Gasteiger partial charge in [0.05, 0.1) is 0 Å². The van der Waals surface area contributed by atoms with Gasteiger partial charge in [-0.1, -0.05) is 32.8 Å². The second kappa shape index (κ2) is 5.40. The molecule has 0 aromatic carbocycles. The van der Waals surface area contributed by atoms with Gasteiger partial charge in [0.1, 0.15) is 0 Å². The monoisotopic (exact) mass is 197 g/mol. The highest BCUT2D eigenvalue weighted by Gasteiger charge is 2.14. The van der Waals surface area contributed by atoms with Crippen molar-refractivity contribution < 1.29 is 0 Å². The largest absolute Gasteiger partial charge is 0.327 e. The van der Waals surface area contributed by atoms with E-state index in [1.165, 1.54) is 17.7 Å². The average Bonchev–Trinajstić information content (AvgIpc) is 2.59. The molecule has 1 aromatic heterocycles. The Labute approximate surface area is 85.0 Å². The molecule has 0 fully saturated rings. The first kappa shape index (κ1) is 10.7. The SMILES string of the molecule is CCC(CC)C(N)Cc1cccs1. The van der Waals surface area contributed by atoms with Gasteiger partial charge in [0, 0.05) is 10.9 Å². The summed E-state index contributed by atoms with van der Waals surface area (Å²) >= 11 is 1.81. The maximum Gasteiger partial charge on any atom is 0.0115 e. The summed E-state index contributed by atoms with van der Waals surface area (Å²) in [5, 5.41) is 2.12. The minimum atomic E-state index is 0.341. The van der Waals surface area contributed by atoms with Gasteiger partial charge in [0.2, 0.25) is 0 Å². The molecule has 2 heteroatoms. The fourth-order valence-corrected chi connectivity index (χ4v) is 2.50. The number of rotatable bonds is 5. The fourth-order valence-electron chi connectivity index (χ4n) is 1.72. The van der Waals surface area contributed by atoms with Crippen molar-refractivity contribution in [1.29, 1.82) is 0 Å². The first-order valence-electron chi connectivity index (χ1n) is 5.05. The van der Waals surface area contributed by atoms with Gasteiger partial charge in [0.15, 0.2) is 0 Å². The molecule has 1 rings (SSSR count). The Kier molecular flexibility index (Phi) is 4.46. The molecule has 0 saturated carbocycles. The van der Waals surface area contributed by atoms with Crippen LogP contribution in [0.4, 0.5) is 0 Å². The van der Waals surface area contributed by atoms with Gasteiger partial charge in [-0.05, 0) is 23.8 Å². The Morgan fingerprint density at radius 1 is 1.38 bits per heavy atom. The molecule has 1 heterocycles. The van der Waals surface area contributed by atoms with Crippen molar-refractivity contribution in [3.63, 3.8) is 0 Å². The first-order valence-corrected chi connectivity index (χ1v) is 5.93. The van der Waals surface area contributed by atoms with Crippen molar-refractivity contribution in [3.05, 3.63) is 22.4 Å². The lowest BCUT2D eigenvalue weighted by molar-refractivity contribution is 0.395. The lowest BCUT2D eigenvalue weighted by Gasteiger charge is -2.20. The van der Waals surface area contributed by atoms with Crippen LogP contribution in [0.2, 0.25) is 0 Å². The standard InChI is InChI=1S/C11H19NS/c1-3-9(4-2)11(12)8-10-6-5-7-13-10/h5-7,9,11H,3-4,8,12H2,1-2H3. The predicted octanol–water partition coefficient (Wildman–Crippen LogP) is 3.05. The molecule has 1 unspecified atom stereocenters. The van der Waals surface area contributed by atoms with E-state index in [0.717, 1.165) is 6.42 Å². The lowest BCUT2D eigenvalue weighted by atomic mass is 9.92. The minimum Gasteiger partial charge on any atom is -0.327 e. The summed E-state index contributed by atoms with van der Waals surface area (Å²) in [6.45, 7) is 4.45. The highest BCUT2D eigenvalue weighted by Crippen LogP contribution is 2.18. The van der Waals surface area contributed by atoms with Crippen LogP contribution < -0.4 is 5.73 Å².